The van der Waals surface area contributed by atoms with Crippen LogP contribution >= 0.6 is 11.3 Å². The van der Waals surface area contributed by atoms with Gasteiger partial charge in [0, 0.05) is 37.1 Å². The van der Waals surface area contributed by atoms with E-state index in [1.807, 2.05) is 19.1 Å². The van der Waals surface area contributed by atoms with Gasteiger partial charge in [-0.25, -0.2) is 18.2 Å². The molecule has 12 heteroatoms. The third-order valence-corrected chi connectivity index (χ3v) is 7.91. The fourth-order valence-electron chi connectivity index (χ4n) is 3.44. The maximum atomic E-state index is 13.0. The second-order valence-electron chi connectivity index (χ2n) is 7.52. The summed E-state index contributed by atoms with van der Waals surface area (Å²) in [6.45, 7) is 4.68. The summed E-state index contributed by atoms with van der Waals surface area (Å²) in [6.07, 6.45) is -0.443. The largest absolute Gasteiger partial charge is 0.460 e. The number of aromatic nitrogens is 1. The van der Waals surface area contributed by atoms with Gasteiger partial charge in [0.25, 0.3) is 5.91 Å². The Morgan fingerprint density at radius 3 is 2.44 bits per heavy atom. The number of ether oxygens (including phenoxy) is 1. The number of nitrogens with one attached hydrogen (secondary N) is 1. The van der Waals surface area contributed by atoms with Crippen molar-refractivity contribution in [1.82, 2.24) is 14.2 Å². The molecule has 1 aliphatic rings. The Bertz CT molecular complexity index is 1270. The van der Waals surface area contributed by atoms with Gasteiger partial charge in [-0.05, 0) is 50.2 Å². The van der Waals surface area contributed by atoms with Gasteiger partial charge in [-0.2, -0.15) is 4.31 Å². The van der Waals surface area contributed by atoms with E-state index in [-0.39, 0.29) is 37.7 Å². The average Bonchev–Trinajstić information content (AvgIpc) is 3.48. The predicted molar refractivity (Wildman–Crippen MR) is 126 cm³/mol. The molecule has 0 atom stereocenters. The zero-order chi connectivity index (χ0) is 24.3. The second kappa shape index (κ2) is 9.95. The van der Waals surface area contributed by atoms with Crippen molar-refractivity contribution in [3.05, 3.63) is 53.1 Å². The minimum atomic E-state index is -3.75. The summed E-state index contributed by atoms with van der Waals surface area (Å²) in [5.41, 5.74) is 0.926. The Kier molecular flexibility index (Phi) is 7.00. The van der Waals surface area contributed by atoms with Crippen molar-refractivity contribution < 1.29 is 27.2 Å². The van der Waals surface area contributed by atoms with Crippen LogP contribution in [0.25, 0.3) is 11.5 Å². The first-order valence-electron chi connectivity index (χ1n) is 10.6. The van der Waals surface area contributed by atoms with Crippen LogP contribution in [-0.2, 0) is 14.8 Å². The van der Waals surface area contributed by atoms with Gasteiger partial charge in [0.1, 0.15) is 11.5 Å². The molecule has 2 amide bonds. The number of carbonyl (C=O) groups is 2. The lowest BCUT2D eigenvalue weighted by Crippen LogP contribution is -2.50. The fourth-order valence-corrected chi connectivity index (χ4v) is 5.56. The Morgan fingerprint density at radius 2 is 1.82 bits per heavy atom. The molecule has 0 unspecified atom stereocenters. The zero-order valence-corrected chi connectivity index (χ0v) is 20.3. The third-order valence-electron chi connectivity index (χ3n) is 5.24. The Labute approximate surface area is 201 Å². The van der Waals surface area contributed by atoms with E-state index in [2.05, 4.69) is 10.3 Å². The number of thiazole rings is 1. The number of aryl methyl sites for hydroxylation is 1. The quantitative estimate of drug-likeness (QED) is 0.546. The van der Waals surface area contributed by atoms with Crippen molar-refractivity contribution in [2.75, 3.05) is 38.1 Å². The fraction of sp³-hybridized carbons (Fsp3) is 0.318. The highest BCUT2D eigenvalue weighted by Crippen LogP contribution is 2.27. The number of benzene rings is 1. The molecule has 0 bridgehead atoms. The molecule has 1 fully saturated rings. The van der Waals surface area contributed by atoms with Crippen LogP contribution in [0.15, 0.2) is 51.1 Å². The van der Waals surface area contributed by atoms with Gasteiger partial charge < -0.3 is 14.1 Å². The van der Waals surface area contributed by atoms with E-state index in [1.54, 1.807) is 12.3 Å². The topological polar surface area (TPSA) is 122 Å². The number of rotatable bonds is 6. The minimum Gasteiger partial charge on any atom is -0.460 e. The SMILES string of the molecule is CCOC(=O)N1CCN(S(=O)(=O)c2ccc(C(=O)Nc3nc(-c4ccc(C)o4)cs3)cc2)CC1. The molecular weight excluding hydrogens is 480 g/mol. The maximum absolute atomic E-state index is 13.0. The van der Waals surface area contributed by atoms with Crippen molar-refractivity contribution in [2.45, 2.75) is 18.7 Å². The lowest BCUT2D eigenvalue weighted by atomic mass is 10.2. The number of piperazine rings is 1. The van der Waals surface area contributed by atoms with Crippen molar-refractivity contribution in [3.8, 4) is 11.5 Å². The van der Waals surface area contributed by atoms with Crippen LogP contribution in [0.4, 0.5) is 9.93 Å². The summed E-state index contributed by atoms with van der Waals surface area (Å²) >= 11 is 1.27. The lowest BCUT2D eigenvalue weighted by molar-refractivity contribution is 0.0933. The highest BCUT2D eigenvalue weighted by molar-refractivity contribution is 7.89. The molecule has 1 aromatic carbocycles. The maximum Gasteiger partial charge on any atom is 0.409 e. The van der Waals surface area contributed by atoms with Crippen LogP contribution in [0.1, 0.15) is 23.0 Å². The van der Waals surface area contributed by atoms with Crippen LogP contribution < -0.4 is 5.32 Å². The van der Waals surface area contributed by atoms with Gasteiger partial charge in [-0.1, -0.05) is 0 Å². The molecular formula is C22H24N4O6S2. The number of anilines is 1. The summed E-state index contributed by atoms with van der Waals surface area (Å²) in [4.78, 5) is 30.4. The van der Waals surface area contributed by atoms with E-state index in [4.69, 9.17) is 9.15 Å². The standard InChI is InChI=1S/C22H24N4O6S2/c1-3-31-22(28)25-10-12-26(13-11-25)34(29,30)17-7-5-16(6-8-17)20(27)24-21-23-18(14-33-21)19-9-4-15(2)32-19/h4-9,14H,3,10-13H2,1-2H3,(H,23,24,27). The van der Waals surface area contributed by atoms with Crippen molar-refractivity contribution >= 4 is 38.5 Å². The predicted octanol–water partition coefficient (Wildman–Crippen LogP) is 3.43. The van der Waals surface area contributed by atoms with Crippen LogP contribution in [0.3, 0.4) is 0 Å². The molecule has 2 aromatic heterocycles. The molecule has 3 aromatic rings. The van der Waals surface area contributed by atoms with E-state index < -0.39 is 22.0 Å². The average molecular weight is 505 g/mol. The Morgan fingerprint density at radius 1 is 1.12 bits per heavy atom. The van der Waals surface area contributed by atoms with Crippen LogP contribution in [0.5, 0.6) is 0 Å². The first kappa shape index (κ1) is 23.9. The molecule has 10 nitrogen and oxygen atoms in total. The molecule has 0 radical (unpaired) electrons. The minimum absolute atomic E-state index is 0.0818. The zero-order valence-electron chi connectivity index (χ0n) is 18.7. The van der Waals surface area contributed by atoms with Gasteiger partial charge in [0.15, 0.2) is 10.9 Å². The van der Waals surface area contributed by atoms with Gasteiger partial charge >= 0.3 is 6.09 Å². The summed E-state index contributed by atoms with van der Waals surface area (Å²) < 4.78 is 37.8. The number of hydrogen-bond acceptors (Lipinski definition) is 8. The number of sulfonamides is 1. The van der Waals surface area contributed by atoms with Crippen LogP contribution in [0.2, 0.25) is 0 Å². The van der Waals surface area contributed by atoms with E-state index in [9.17, 15) is 18.0 Å². The van der Waals surface area contributed by atoms with Crippen molar-refractivity contribution in [2.24, 2.45) is 0 Å². The molecule has 3 heterocycles. The molecule has 34 heavy (non-hydrogen) atoms. The van der Waals surface area contributed by atoms with Crippen LogP contribution in [-0.4, -0.2) is 67.4 Å². The monoisotopic (exact) mass is 504 g/mol. The lowest BCUT2D eigenvalue weighted by Gasteiger charge is -2.33. The smallest absolute Gasteiger partial charge is 0.409 e. The van der Waals surface area contributed by atoms with Gasteiger partial charge in [0.2, 0.25) is 10.0 Å². The van der Waals surface area contributed by atoms with E-state index in [1.165, 1.54) is 44.8 Å². The Balaban J connectivity index is 1.38. The number of amides is 2. The van der Waals surface area contributed by atoms with E-state index in [0.717, 1.165) is 5.76 Å². The third kappa shape index (κ3) is 5.13. The highest BCUT2D eigenvalue weighted by atomic mass is 32.2. The van der Waals surface area contributed by atoms with Crippen molar-refractivity contribution in [1.29, 1.82) is 0 Å². The molecule has 1 saturated heterocycles. The molecule has 1 N–H and O–H groups in total. The molecule has 1 aliphatic heterocycles. The number of nitrogens with zero attached hydrogens (tertiary/aromatic N) is 3. The highest BCUT2D eigenvalue weighted by Gasteiger charge is 2.30. The van der Waals surface area contributed by atoms with Gasteiger partial charge in [-0.3, -0.25) is 10.1 Å². The Hall–Kier alpha value is -3.22. The normalized spacial score (nSPS) is 14.7. The summed E-state index contributed by atoms with van der Waals surface area (Å²) in [5.74, 6) is 0.986. The van der Waals surface area contributed by atoms with Crippen LogP contribution in [0, 0.1) is 6.92 Å². The summed E-state index contributed by atoms with van der Waals surface area (Å²) in [7, 11) is -3.75. The summed E-state index contributed by atoms with van der Waals surface area (Å²) in [6, 6.07) is 9.37. The molecule has 0 saturated carbocycles. The number of furan rings is 1. The van der Waals surface area contributed by atoms with E-state index >= 15 is 0 Å². The van der Waals surface area contributed by atoms with Crippen molar-refractivity contribution in [3.63, 3.8) is 0 Å². The molecule has 0 spiro atoms. The molecule has 4 rings (SSSR count). The second-order valence-corrected chi connectivity index (χ2v) is 10.3. The first-order chi connectivity index (χ1) is 16.3. The molecule has 180 valence electrons. The summed E-state index contributed by atoms with van der Waals surface area (Å²) in [5, 5.41) is 4.91. The number of carbonyl (C=O) groups excluding carboxylic acids is 2. The molecule has 0 aliphatic carbocycles. The first-order valence-corrected chi connectivity index (χ1v) is 13.0. The van der Waals surface area contributed by atoms with Gasteiger partial charge in [-0.15, -0.1) is 11.3 Å². The van der Waals surface area contributed by atoms with E-state index in [0.29, 0.717) is 22.1 Å². The number of hydrogen-bond donors (Lipinski definition) is 1. The van der Waals surface area contributed by atoms with Gasteiger partial charge in [0.05, 0.1) is 11.5 Å².